The zero-order valence-corrected chi connectivity index (χ0v) is 20.3. The number of aryl methyl sites for hydroxylation is 2. The molecule has 3 amide bonds. The van der Waals surface area contributed by atoms with Crippen molar-refractivity contribution in [1.29, 1.82) is 0 Å². The first kappa shape index (κ1) is 23.8. The lowest BCUT2D eigenvalue weighted by atomic mass is 10.1. The molecule has 0 spiro atoms. The van der Waals surface area contributed by atoms with Crippen molar-refractivity contribution in [3.63, 3.8) is 0 Å². The Balaban J connectivity index is 1.47. The van der Waals surface area contributed by atoms with E-state index in [1.165, 1.54) is 11.8 Å². The SMILES string of the molecule is Cc1ccc(NC(=O)NC(=O)C(C)Sc2nnc(N3CCOCC3)n2-c2ccccc2)c(C)c1. The average Bonchev–Trinajstić information content (AvgIpc) is 3.25. The molecule has 10 heteroatoms. The fraction of sp³-hybridized carbons (Fsp3) is 0.333. The zero-order chi connectivity index (χ0) is 24.1. The molecule has 1 atom stereocenters. The second-order valence-electron chi connectivity index (χ2n) is 8.07. The largest absolute Gasteiger partial charge is 0.378 e. The molecular weight excluding hydrogens is 452 g/mol. The summed E-state index contributed by atoms with van der Waals surface area (Å²) in [5.41, 5.74) is 3.59. The summed E-state index contributed by atoms with van der Waals surface area (Å²) < 4.78 is 7.41. The van der Waals surface area contributed by atoms with E-state index in [0.717, 1.165) is 16.8 Å². The minimum Gasteiger partial charge on any atom is -0.378 e. The number of amides is 3. The van der Waals surface area contributed by atoms with Gasteiger partial charge in [0.2, 0.25) is 11.9 Å². The average molecular weight is 481 g/mol. The third kappa shape index (κ3) is 5.57. The van der Waals surface area contributed by atoms with Gasteiger partial charge >= 0.3 is 6.03 Å². The highest BCUT2D eigenvalue weighted by Crippen LogP contribution is 2.29. The van der Waals surface area contributed by atoms with Gasteiger partial charge in [-0.25, -0.2) is 4.79 Å². The Labute approximate surface area is 202 Å². The van der Waals surface area contributed by atoms with Gasteiger partial charge in [-0.1, -0.05) is 47.7 Å². The number of nitrogens with zero attached hydrogens (tertiary/aromatic N) is 4. The molecule has 0 bridgehead atoms. The van der Waals surface area contributed by atoms with Crippen LogP contribution in [0.25, 0.3) is 5.69 Å². The first-order chi connectivity index (χ1) is 16.4. The molecule has 4 rings (SSSR count). The van der Waals surface area contributed by atoms with Crippen LogP contribution >= 0.6 is 11.8 Å². The van der Waals surface area contributed by atoms with E-state index in [1.807, 2.05) is 66.9 Å². The van der Waals surface area contributed by atoms with Gasteiger partial charge in [-0.15, -0.1) is 10.2 Å². The number of anilines is 2. The molecule has 0 saturated carbocycles. The number of carbonyl (C=O) groups is 2. The van der Waals surface area contributed by atoms with Crippen LogP contribution in [0.3, 0.4) is 0 Å². The molecule has 2 heterocycles. The maximum absolute atomic E-state index is 12.8. The molecule has 1 aliphatic heterocycles. The molecular formula is C24H28N6O3S. The summed E-state index contributed by atoms with van der Waals surface area (Å²) in [6.07, 6.45) is 0. The number of carbonyl (C=O) groups excluding carboxylic acids is 2. The van der Waals surface area contributed by atoms with Crippen molar-refractivity contribution in [2.75, 3.05) is 36.5 Å². The van der Waals surface area contributed by atoms with Gasteiger partial charge in [-0.2, -0.15) is 0 Å². The minimum atomic E-state index is -0.575. The van der Waals surface area contributed by atoms with E-state index in [-0.39, 0.29) is 0 Å². The number of thioether (sulfide) groups is 1. The first-order valence-corrected chi connectivity index (χ1v) is 12.0. The lowest BCUT2D eigenvalue weighted by Gasteiger charge is -2.28. The summed E-state index contributed by atoms with van der Waals surface area (Å²) in [4.78, 5) is 27.3. The Hall–Kier alpha value is -3.37. The Morgan fingerprint density at radius 2 is 1.79 bits per heavy atom. The van der Waals surface area contributed by atoms with Gasteiger partial charge in [0.05, 0.1) is 24.2 Å². The van der Waals surface area contributed by atoms with Crippen LogP contribution in [-0.2, 0) is 9.53 Å². The Bertz CT molecular complexity index is 1160. The number of para-hydroxylation sites is 1. The van der Waals surface area contributed by atoms with E-state index < -0.39 is 17.2 Å². The van der Waals surface area contributed by atoms with Crippen molar-refractivity contribution in [1.82, 2.24) is 20.1 Å². The second-order valence-corrected chi connectivity index (χ2v) is 9.38. The maximum Gasteiger partial charge on any atom is 0.325 e. The van der Waals surface area contributed by atoms with Gasteiger partial charge < -0.3 is 15.0 Å². The number of nitrogens with one attached hydrogen (secondary N) is 2. The summed E-state index contributed by atoms with van der Waals surface area (Å²) in [5, 5.41) is 13.9. The van der Waals surface area contributed by atoms with Crippen LogP contribution in [-0.4, -0.2) is 58.3 Å². The van der Waals surface area contributed by atoms with Crippen LogP contribution in [0.1, 0.15) is 18.1 Å². The number of hydrogen-bond acceptors (Lipinski definition) is 7. The van der Waals surface area contributed by atoms with Gasteiger partial charge in [0.15, 0.2) is 5.16 Å². The lowest BCUT2D eigenvalue weighted by Crippen LogP contribution is -2.39. The normalized spacial score (nSPS) is 14.5. The van der Waals surface area contributed by atoms with E-state index in [0.29, 0.717) is 43.1 Å². The van der Waals surface area contributed by atoms with Gasteiger partial charge in [-0.05, 0) is 44.5 Å². The molecule has 2 aromatic carbocycles. The van der Waals surface area contributed by atoms with Crippen LogP contribution in [0.2, 0.25) is 0 Å². The van der Waals surface area contributed by atoms with Crippen LogP contribution in [0.15, 0.2) is 53.7 Å². The highest BCUT2D eigenvalue weighted by molar-refractivity contribution is 8.00. The van der Waals surface area contributed by atoms with Crippen LogP contribution in [0, 0.1) is 13.8 Å². The topological polar surface area (TPSA) is 101 Å². The molecule has 9 nitrogen and oxygen atoms in total. The van der Waals surface area contributed by atoms with Crippen molar-refractivity contribution in [3.05, 3.63) is 59.7 Å². The number of rotatable bonds is 6. The highest BCUT2D eigenvalue weighted by atomic mass is 32.2. The maximum atomic E-state index is 12.8. The molecule has 0 aliphatic carbocycles. The van der Waals surface area contributed by atoms with Crippen LogP contribution < -0.4 is 15.5 Å². The summed E-state index contributed by atoms with van der Waals surface area (Å²) in [6, 6.07) is 14.9. The predicted octanol–water partition coefficient (Wildman–Crippen LogP) is 3.55. The summed E-state index contributed by atoms with van der Waals surface area (Å²) in [6.45, 7) is 8.30. The van der Waals surface area contributed by atoms with E-state index in [2.05, 4.69) is 25.7 Å². The smallest absolute Gasteiger partial charge is 0.325 e. The molecule has 0 radical (unpaired) electrons. The molecule has 1 fully saturated rings. The molecule has 3 aromatic rings. The Morgan fingerprint density at radius 3 is 2.50 bits per heavy atom. The summed E-state index contributed by atoms with van der Waals surface area (Å²) in [5.74, 6) is 0.292. The van der Waals surface area contributed by atoms with Crippen molar-refractivity contribution in [3.8, 4) is 5.69 Å². The number of ether oxygens (including phenoxy) is 1. The van der Waals surface area contributed by atoms with Crippen LogP contribution in [0.4, 0.5) is 16.4 Å². The second kappa shape index (κ2) is 10.7. The first-order valence-electron chi connectivity index (χ1n) is 11.1. The third-order valence-corrected chi connectivity index (χ3v) is 6.49. The Kier molecular flexibility index (Phi) is 7.49. The summed E-state index contributed by atoms with van der Waals surface area (Å²) in [7, 11) is 0. The number of benzene rings is 2. The molecule has 1 saturated heterocycles. The van der Waals surface area contributed by atoms with Crippen molar-refractivity contribution < 1.29 is 14.3 Å². The van der Waals surface area contributed by atoms with Gasteiger partial charge in [-0.3, -0.25) is 14.7 Å². The summed E-state index contributed by atoms with van der Waals surface area (Å²) >= 11 is 1.25. The molecule has 2 N–H and O–H groups in total. The van der Waals surface area contributed by atoms with E-state index in [4.69, 9.17) is 4.74 Å². The van der Waals surface area contributed by atoms with Gasteiger partial charge in [0.1, 0.15) is 0 Å². The van der Waals surface area contributed by atoms with E-state index >= 15 is 0 Å². The molecule has 178 valence electrons. The van der Waals surface area contributed by atoms with Crippen molar-refractivity contribution in [2.45, 2.75) is 31.2 Å². The number of imide groups is 1. The quantitative estimate of drug-likeness (QED) is 0.520. The number of morpholine rings is 1. The number of urea groups is 1. The fourth-order valence-corrected chi connectivity index (χ4v) is 4.50. The lowest BCUT2D eigenvalue weighted by molar-refractivity contribution is -0.119. The number of aromatic nitrogens is 3. The van der Waals surface area contributed by atoms with Crippen LogP contribution in [0.5, 0.6) is 0 Å². The van der Waals surface area contributed by atoms with Gasteiger partial charge in [0.25, 0.3) is 0 Å². The predicted molar refractivity (Wildman–Crippen MR) is 133 cm³/mol. The highest BCUT2D eigenvalue weighted by Gasteiger charge is 2.25. The number of hydrogen-bond donors (Lipinski definition) is 2. The van der Waals surface area contributed by atoms with E-state index in [9.17, 15) is 9.59 Å². The van der Waals surface area contributed by atoms with Gasteiger partial charge in [0, 0.05) is 18.8 Å². The monoisotopic (exact) mass is 480 g/mol. The van der Waals surface area contributed by atoms with E-state index in [1.54, 1.807) is 6.92 Å². The molecule has 1 unspecified atom stereocenters. The van der Waals surface area contributed by atoms with Crippen molar-refractivity contribution >= 4 is 35.3 Å². The third-order valence-electron chi connectivity index (χ3n) is 5.44. The molecule has 1 aliphatic rings. The molecule has 34 heavy (non-hydrogen) atoms. The molecule has 1 aromatic heterocycles. The standard InChI is InChI=1S/C24H28N6O3S/c1-16-9-10-20(17(2)15-16)25-22(32)26-21(31)18(3)34-24-28-27-23(29-11-13-33-14-12-29)30(24)19-7-5-4-6-8-19/h4-10,15,18H,11-14H2,1-3H3,(H2,25,26,31,32). The Morgan fingerprint density at radius 1 is 1.06 bits per heavy atom. The van der Waals surface area contributed by atoms with Crippen molar-refractivity contribution in [2.24, 2.45) is 0 Å². The zero-order valence-electron chi connectivity index (χ0n) is 19.4. The minimum absolute atomic E-state index is 0.414. The fourth-order valence-electron chi connectivity index (χ4n) is 3.64.